The first kappa shape index (κ1) is 13.1. The fourth-order valence-corrected chi connectivity index (χ4v) is 2.16. The highest BCUT2D eigenvalue weighted by molar-refractivity contribution is 5.48. The average molecular weight is 251 g/mol. The Morgan fingerprint density at radius 2 is 2.39 bits per heavy atom. The normalized spacial score (nSPS) is 18.9. The van der Waals surface area contributed by atoms with Gasteiger partial charge in [0.2, 0.25) is 5.88 Å². The molecule has 1 fully saturated rings. The maximum atomic E-state index is 5.80. The second-order valence-corrected chi connectivity index (χ2v) is 4.45. The molecule has 1 aromatic rings. The Hall–Kier alpha value is -1.36. The predicted octanol–water partition coefficient (Wildman–Crippen LogP) is 2.03. The van der Waals surface area contributed by atoms with Crippen LogP contribution in [0.3, 0.4) is 0 Å². The lowest BCUT2D eigenvalue weighted by molar-refractivity contribution is 0.0659. The van der Waals surface area contributed by atoms with Crippen LogP contribution in [0.15, 0.2) is 6.33 Å². The van der Waals surface area contributed by atoms with E-state index in [9.17, 15) is 0 Å². The van der Waals surface area contributed by atoms with Gasteiger partial charge in [0.1, 0.15) is 18.8 Å². The van der Waals surface area contributed by atoms with Gasteiger partial charge in [-0.25, -0.2) is 9.97 Å². The van der Waals surface area contributed by atoms with Crippen molar-refractivity contribution in [2.24, 2.45) is 0 Å². The Morgan fingerprint density at radius 3 is 3.06 bits per heavy atom. The summed E-state index contributed by atoms with van der Waals surface area (Å²) in [6.07, 6.45) is 5.91. The number of anilines is 1. The molecule has 2 heterocycles. The zero-order chi connectivity index (χ0) is 12.8. The molecule has 0 saturated carbocycles. The molecule has 1 saturated heterocycles. The number of hydrogen-bond acceptors (Lipinski definition) is 5. The van der Waals surface area contributed by atoms with Gasteiger partial charge in [-0.05, 0) is 19.3 Å². The molecule has 1 atom stereocenters. The van der Waals surface area contributed by atoms with E-state index in [1.807, 2.05) is 7.05 Å². The lowest BCUT2D eigenvalue weighted by Crippen LogP contribution is -2.18. The third kappa shape index (κ3) is 3.10. The Labute approximate surface area is 108 Å². The molecule has 0 radical (unpaired) electrons. The van der Waals surface area contributed by atoms with Crippen LogP contribution in [0.4, 0.5) is 5.82 Å². The van der Waals surface area contributed by atoms with Gasteiger partial charge in [-0.15, -0.1) is 0 Å². The van der Waals surface area contributed by atoms with Gasteiger partial charge in [0.25, 0.3) is 0 Å². The van der Waals surface area contributed by atoms with Crippen LogP contribution >= 0.6 is 0 Å². The molecule has 5 nitrogen and oxygen atoms in total. The molecule has 1 aliphatic rings. The van der Waals surface area contributed by atoms with Crippen LogP contribution < -0.4 is 10.1 Å². The summed E-state index contributed by atoms with van der Waals surface area (Å²) in [5.74, 6) is 1.54. The molecule has 1 aliphatic heterocycles. The highest BCUT2D eigenvalue weighted by Gasteiger charge is 2.18. The molecule has 0 spiro atoms. The topological polar surface area (TPSA) is 56.3 Å². The van der Waals surface area contributed by atoms with Crippen molar-refractivity contribution in [2.75, 3.05) is 25.6 Å². The number of rotatable bonds is 6. The lowest BCUT2D eigenvalue weighted by Gasteiger charge is -2.15. The van der Waals surface area contributed by atoms with E-state index in [1.165, 1.54) is 6.33 Å². The standard InChI is InChI=1S/C13H21N3O2/c1-3-5-11-12(14-2)15-9-16-13(11)18-8-10-6-4-7-17-10/h9-10H,3-8H2,1-2H3,(H,14,15,16). The molecule has 2 rings (SSSR count). The second-order valence-electron chi connectivity index (χ2n) is 4.45. The maximum absolute atomic E-state index is 5.80. The van der Waals surface area contributed by atoms with Crippen molar-refractivity contribution in [3.8, 4) is 5.88 Å². The predicted molar refractivity (Wildman–Crippen MR) is 70.0 cm³/mol. The van der Waals surface area contributed by atoms with Crippen LogP contribution in [-0.4, -0.2) is 36.3 Å². The number of ether oxygens (including phenoxy) is 2. The summed E-state index contributed by atoms with van der Waals surface area (Å²) in [5.41, 5.74) is 1.06. The summed E-state index contributed by atoms with van der Waals surface area (Å²) in [6.45, 7) is 3.56. The summed E-state index contributed by atoms with van der Waals surface area (Å²) < 4.78 is 11.3. The highest BCUT2D eigenvalue weighted by atomic mass is 16.5. The SMILES string of the molecule is CCCc1c(NC)ncnc1OCC1CCCO1. The van der Waals surface area contributed by atoms with Crippen molar-refractivity contribution in [3.05, 3.63) is 11.9 Å². The Kier molecular flexibility index (Phi) is 4.75. The van der Waals surface area contributed by atoms with E-state index in [-0.39, 0.29) is 6.10 Å². The quantitative estimate of drug-likeness (QED) is 0.838. The largest absolute Gasteiger partial charge is 0.475 e. The van der Waals surface area contributed by atoms with E-state index in [4.69, 9.17) is 9.47 Å². The molecular formula is C13H21N3O2. The summed E-state index contributed by atoms with van der Waals surface area (Å²) in [6, 6.07) is 0. The fourth-order valence-electron chi connectivity index (χ4n) is 2.16. The first-order valence-electron chi connectivity index (χ1n) is 6.61. The minimum absolute atomic E-state index is 0.215. The van der Waals surface area contributed by atoms with Crippen LogP contribution in [0, 0.1) is 0 Å². The van der Waals surface area contributed by atoms with Gasteiger partial charge in [0.15, 0.2) is 0 Å². The first-order chi connectivity index (χ1) is 8.85. The zero-order valence-electron chi connectivity index (χ0n) is 11.1. The van der Waals surface area contributed by atoms with Crippen molar-refractivity contribution in [3.63, 3.8) is 0 Å². The highest BCUT2D eigenvalue weighted by Crippen LogP contribution is 2.24. The van der Waals surface area contributed by atoms with Gasteiger partial charge in [-0.2, -0.15) is 0 Å². The molecule has 1 aromatic heterocycles. The van der Waals surface area contributed by atoms with Gasteiger partial charge in [-0.3, -0.25) is 0 Å². The van der Waals surface area contributed by atoms with Gasteiger partial charge in [0, 0.05) is 13.7 Å². The van der Waals surface area contributed by atoms with E-state index in [2.05, 4.69) is 22.2 Å². The minimum Gasteiger partial charge on any atom is -0.475 e. The van der Waals surface area contributed by atoms with E-state index in [0.29, 0.717) is 12.5 Å². The maximum Gasteiger partial charge on any atom is 0.221 e. The zero-order valence-corrected chi connectivity index (χ0v) is 11.1. The lowest BCUT2D eigenvalue weighted by atomic mass is 10.1. The summed E-state index contributed by atoms with van der Waals surface area (Å²) >= 11 is 0. The van der Waals surface area contributed by atoms with Crippen molar-refractivity contribution >= 4 is 5.82 Å². The summed E-state index contributed by atoms with van der Waals surface area (Å²) in [7, 11) is 1.87. The van der Waals surface area contributed by atoms with Gasteiger partial charge < -0.3 is 14.8 Å². The van der Waals surface area contributed by atoms with Crippen molar-refractivity contribution in [1.82, 2.24) is 9.97 Å². The molecule has 0 aromatic carbocycles. The van der Waals surface area contributed by atoms with Crippen molar-refractivity contribution in [1.29, 1.82) is 0 Å². The molecule has 100 valence electrons. The van der Waals surface area contributed by atoms with Crippen molar-refractivity contribution < 1.29 is 9.47 Å². The van der Waals surface area contributed by atoms with Crippen LogP contribution in [0.2, 0.25) is 0 Å². The molecule has 1 N–H and O–H groups in total. The number of aromatic nitrogens is 2. The molecule has 0 amide bonds. The summed E-state index contributed by atoms with van der Waals surface area (Å²) in [4.78, 5) is 8.46. The van der Waals surface area contributed by atoms with Crippen LogP contribution in [0.1, 0.15) is 31.7 Å². The number of nitrogens with zero attached hydrogens (tertiary/aromatic N) is 2. The fraction of sp³-hybridized carbons (Fsp3) is 0.692. The first-order valence-corrected chi connectivity index (χ1v) is 6.61. The minimum atomic E-state index is 0.215. The number of hydrogen-bond donors (Lipinski definition) is 1. The monoisotopic (exact) mass is 251 g/mol. The molecule has 18 heavy (non-hydrogen) atoms. The Morgan fingerprint density at radius 1 is 1.50 bits per heavy atom. The van der Waals surface area contributed by atoms with Crippen LogP contribution in [-0.2, 0) is 11.2 Å². The molecular weight excluding hydrogens is 230 g/mol. The van der Waals surface area contributed by atoms with Crippen LogP contribution in [0.5, 0.6) is 5.88 Å². The molecule has 5 heteroatoms. The van der Waals surface area contributed by atoms with Gasteiger partial charge in [0.05, 0.1) is 11.7 Å². The second kappa shape index (κ2) is 6.54. The average Bonchev–Trinajstić information content (AvgIpc) is 2.91. The van der Waals surface area contributed by atoms with Crippen molar-refractivity contribution in [2.45, 2.75) is 38.7 Å². The molecule has 0 bridgehead atoms. The van der Waals surface area contributed by atoms with Gasteiger partial charge in [-0.1, -0.05) is 13.3 Å². The van der Waals surface area contributed by atoms with E-state index >= 15 is 0 Å². The van der Waals surface area contributed by atoms with Gasteiger partial charge >= 0.3 is 0 Å². The third-order valence-corrected chi connectivity index (χ3v) is 3.07. The van der Waals surface area contributed by atoms with E-state index in [1.54, 1.807) is 0 Å². The van der Waals surface area contributed by atoms with E-state index in [0.717, 1.165) is 43.7 Å². The molecule has 0 aliphatic carbocycles. The Balaban J connectivity index is 2.05. The molecule has 1 unspecified atom stereocenters. The Bertz CT molecular complexity index is 378. The third-order valence-electron chi connectivity index (χ3n) is 3.07. The van der Waals surface area contributed by atoms with E-state index < -0.39 is 0 Å². The summed E-state index contributed by atoms with van der Waals surface area (Å²) in [5, 5.41) is 3.09. The smallest absolute Gasteiger partial charge is 0.221 e. The van der Waals surface area contributed by atoms with Crippen LogP contribution in [0.25, 0.3) is 0 Å². The number of nitrogens with one attached hydrogen (secondary N) is 1.